The van der Waals surface area contributed by atoms with Crippen LogP contribution in [0.4, 0.5) is 10.1 Å². The van der Waals surface area contributed by atoms with Gasteiger partial charge in [0.2, 0.25) is 0 Å². The van der Waals surface area contributed by atoms with Gasteiger partial charge in [0, 0.05) is 16.1 Å². The maximum absolute atomic E-state index is 13.1. The molecule has 0 fully saturated rings. The number of halogens is 1. The molecule has 3 aromatic rings. The van der Waals surface area contributed by atoms with Gasteiger partial charge in [-0.15, -0.1) is 11.3 Å². The Morgan fingerprint density at radius 1 is 1.13 bits per heavy atom. The van der Waals surface area contributed by atoms with E-state index in [9.17, 15) is 27.5 Å². The lowest BCUT2D eigenvalue weighted by molar-refractivity contribution is -0.139. The highest BCUT2D eigenvalue weighted by molar-refractivity contribution is 7.92. The molecule has 11 heteroatoms. The van der Waals surface area contributed by atoms with Crippen LogP contribution in [0.3, 0.4) is 0 Å². The van der Waals surface area contributed by atoms with E-state index in [1.54, 1.807) is 19.1 Å². The van der Waals surface area contributed by atoms with Crippen LogP contribution in [0, 0.1) is 12.7 Å². The molecule has 3 N–H and O–H groups in total. The summed E-state index contributed by atoms with van der Waals surface area (Å²) in [7, 11) is -3.97. The molecule has 0 aliphatic carbocycles. The molecule has 8 nitrogen and oxygen atoms in total. The molecule has 1 heterocycles. The maximum Gasteiger partial charge on any atom is 0.349 e. The Hall–Kier alpha value is -3.44. The van der Waals surface area contributed by atoms with Crippen LogP contribution in [0.25, 0.3) is 10.4 Å². The monoisotopic (exact) mass is 465 g/mol. The SMILES string of the molecule is Cc1c(-c2cccc(NS(=O)(=O)c3ccc(F)cc3)c2)sc(C(=O)O)c1OCC(=O)O. The summed E-state index contributed by atoms with van der Waals surface area (Å²) in [5.74, 6) is -3.13. The van der Waals surface area contributed by atoms with Gasteiger partial charge in [0.15, 0.2) is 11.5 Å². The number of carbonyl (C=O) groups is 2. The van der Waals surface area contributed by atoms with Crippen molar-refractivity contribution in [2.45, 2.75) is 11.8 Å². The van der Waals surface area contributed by atoms with E-state index < -0.39 is 34.4 Å². The minimum Gasteiger partial charge on any atom is -0.480 e. The molecular weight excluding hydrogens is 449 g/mol. The predicted octanol–water partition coefficient (Wildman–Crippen LogP) is 3.83. The third-order valence-electron chi connectivity index (χ3n) is 4.13. The van der Waals surface area contributed by atoms with Crippen molar-refractivity contribution in [1.82, 2.24) is 0 Å². The molecule has 162 valence electrons. The smallest absolute Gasteiger partial charge is 0.349 e. The largest absolute Gasteiger partial charge is 0.480 e. The van der Waals surface area contributed by atoms with E-state index in [0.29, 0.717) is 16.0 Å². The molecule has 0 aliphatic rings. The number of thiophene rings is 1. The van der Waals surface area contributed by atoms with Crippen LogP contribution in [0.2, 0.25) is 0 Å². The highest BCUT2D eigenvalue weighted by Crippen LogP contribution is 2.42. The van der Waals surface area contributed by atoms with Crippen LogP contribution in [0.5, 0.6) is 5.75 Å². The van der Waals surface area contributed by atoms with Crippen LogP contribution >= 0.6 is 11.3 Å². The van der Waals surface area contributed by atoms with E-state index in [-0.39, 0.29) is 21.2 Å². The first-order chi connectivity index (χ1) is 14.6. The number of carboxylic acid groups (broad SMARTS) is 2. The number of carboxylic acids is 2. The topological polar surface area (TPSA) is 130 Å². The number of anilines is 1. The lowest BCUT2D eigenvalue weighted by Gasteiger charge is -2.10. The Bertz CT molecular complexity index is 1250. The van der Waals surface area contributed by atoms with Gasteiger partial charge < -0.3 is 14.9 Å². The van der Waals surface area contributed by atoms with E-state index in [0.717, 1.165) is 35.6 Å². The molecule has 0 spiro atoms. The number of aromatic carboxylic acids is 1. The van der Waals surface area contributed by atoms with Crippen LogP contribution in [0.1, 0.15) is 15.2 Å². The molecule has 0 radical (unpaired) electrons. The summed E-state index contributed by atoms with van der Waals surface area (Å²) in [5.41, 5.74) is 1.14. The predicted molar refractivity (Wildman–Crippen MR) is 112 cm³/mol. The molecule has 0 aliphatic heterocycles. The van der Waals surface area contributed by atoms with E-state index in [1.165, 1.54) is 12.1 Å². The Morgan fingerprint density at radius 2 is 1.81 bits per heavy atom. The second kappa shape index (κ2) is 8.74. The Morgan fingerprint density at radius 3 is 2.42 bits per heavy atom. The molecular formula is C20H16FNO7S2. The molecule has 0 atom stereocenters. The average Bonchev–Trinajstić information content (AvgIpc) is 3.03. The molecule has 0 saturated carbocycles. The van der Waals surface area contributed by atoms with Gasteiger partial charge in [0.25, 0.3) is 10.0 Å². The van der Waals surface area contributed by atoms with Gasteiger partial charge >= 0.3 is 11.9 Å². The van der Waals surface area contributed by atoms with E-state index >= 15 is 0 Å². The highest BCUT2D eigenvalue weighted by atomic mass is 32.2. The van der Waals surface area contributed by atoms with E-state index in [4.69, 9.17) is 9.84 Å². The zero-order valence-electron chi connectivity index (χ0n) is 16.0. The second-order valence-electron chi connectivity index (χ2n) is 6.34. The fourth-order valence-electron chi connectivity index (χ4n) is 2.77. The normalized spacial score (nSPS) is 11.2. The fraction of sp³-hybridized carbons (Fsp3) is 0.100. The van der Waals surface area contributed by atoms with Crippen LogP contribution in [0.15, 0.2) is 53.4 Å². The molecule has 0 bridgehead atoms. The molecule has 31 heavy (non-hydrogen) atoms. The Kier molecular flexibility index (Phi) is 6.27. The van der Waals surface area contributed by atoms with Crippen molar-refractivity contribution in [3.05, 3.63) is 64.8 Å². The first-order valence-corrected chi connectivity index (χ1v) is 11.0. The quantitative estimate of drug-likeness (QED) is 0.461. The van der Waals surface area contributed by atoms with Crippen molar-refractivity contribution >= 4 is 39.0 Å². The molecule has 0 saturated heterocycles. The average molecular weight is 465 g/mol. The van der Waals surface area contributed by atoms with Gasteiger partial charge in [-0.25, -0.2) is 22.4 Å². The summed E-state index contributed by atoms with van der Waals surface area (Å²) >= 11 is 0.887. The van der Waals surface area contributed by atoms with Crippen LogP contribution in [-0.2, 0) is 14.8 Å². The number of aliphatic carboxylic acids is 1. The number of benzene rings is 2. The van der Waals surface area contributed by atoms with Crippen molar-refractivity contribution in [2.24, 2.45) is 0 Å². The maximum atomic E-state index is 13.1. The first-order valence-electron chi connectivity index (χ1n) is 8.68. The Balaban J connectivity index is 1.96. The van der Waals surface area contributed by atoms with Crippen LogP contribution in [-0.4, -0.2) is 37.2 Å². The number of hydrogen-bond acceptors (Lipinski definition) is 6. The van der Waals surface area contributed by atoms with Gasteiger partial charge in [-0.05, 0) is 48.9 Å². The van der Waals surface area contributed by atoms with Crippen molar-refractivity contribution in [1.29, 1.82) is 0 Å². The molecule has 1 aromatic heterocycles. The zero-order chi connectivity index (χ0) is 22.8. The van der Waals surface area contributed by atoms with Gasteiger partial charge in [-0.3, -0.25) is 4.72 Å². The number of sulfonamides is 1. The fourth-order valence-corrected chi connectivity index (χ4v) is 4.91. The lowest BCUT2D eigenvalue weighted by atomic mass is 10.1. The lowest BCUT2D eigenvalue weighted by Crippen LogP contribution is -2.12. The molecule has 0 unspecified atom stereocenters. The summed E-state index contributed by atoms with van der Waals surface area (Å²) in [6.07, 6.45) is 0. The number of hydrogen-bond donors (Lipinski definition) is 3. The van der Waals surface area contributed by atoms with E-state index in [1.807, 2.05) is 0 Å². The van der Waals surface area contributed by atoms with Crippen molar-refractivity contribution in [2.75, 3.05) is 11.3 Å². The second-order valence-corrected chi connectivity index (χ2v) is 9.05. The zero-order valence-corrected chi connectivity index (χ0v) is 17.6. The summed E-state index contributed by atoms with van der Waals surface area (Å²) in [4.78, 5) is 22.6. The van der Waals surface area contributed by atoms with Crippen molar-refractivity contribution in [3.8, 4) is 16.2 Å². The summed E-state index contributed by atoms with van der Waals surface area (Å²) < 4.78 is 45.7. The number of nitrogens with one attached hydrogen (secondary N) is 1. The minimum absolute atomic E-state index is 0.0489. The van der Waals surface area contributed by atoms with Crippen LogP contribution < -0.4 is 9.46 Å². The number of rotatable bonds is 8. The van der Waals surface area contributed by atoms with Gasteiger partial charge in [-0.2, -0.15) is 0 Å². The first kappa shape index (κ1) is 22.2. The third kappa shape index (κ3) is 5.01. The summed E-state index contributed by atoms with van der Waals surface area (Å²) in [5, 5.41) is 18.3. The molecule has 0 amide bonds. The van der Waals surface area contributed by atoms with Crippen molar-refractivity contribution < 1.29 is 37.3 Å². The highest BCUT2D eigenvalue weighted by Gasteiger charge is 2.23. The summed E-state index contributed by atoms with van der Waals surface area (Å²) in [6.45, 7) is 0.889. The number of ether oxygens (including phenoxy) is 1. The molecule has 2 aromatic carbocycles. The van der Waals surface area contributed by atoms with E-state index in [2.05, 4.69) is 4.72 Å². The third-order valence-corrected chi connectivity index (χ3v) is 6.83. The summed E-state index contributed by atoms with van der Waals surface area (Å²) in [6, 6.07) is 10.6. The minimum atomic E-state index is -3.97. The Labute approximate surface area is 180 Å². The van der Waals surface area contributed by atoms with Gasteiger partial charge in [0.05, 0.1) is 4.90 Å². The van der Waals surface area contributed by atoms with Gasteiger partial charge in [0.1, 0.15) is 11.6 Å². The standard InChI is InChI=1S/C20H16FNO7S2/c1-11-17(29-10-16(23)24)19(20(25)26)30-18(11)12-3-2-4-14(9-12)22-31(27,28)15-7-5-13(21)6-8-15/h2-9,22H,10H2,1H3,(H,23,24)(H,25,26). The molecule has 3 rings (SSSR count). The van der Waals surface area contributed by atoms with Crippen molar-refractivity contribution in [3.63, 3.8) is 0 Å². The van der Waals surface area contributed by atoms with Gasteiger partial charge in [-0.1, -0.05) is 12.1 Å².